The molecule has 0 saturated carbocycles. The Hall–Kier alpha value is -2.39. The molecule has 0 aliphatic heterocycles. The number of benzene rings is 2. The maximum atomic E-state index is 5.93. The first kappa shape index (κ1) is 13.6. The molecule has 0 saturated heterocycles. The van der Waals surface area contributed by atoms with E-state index in [-0.39, 0.29) is 0 Å². The van der Waals surface area contributed by atoms with Crippen LogP contribution < -0.4 is 0 Å². The van der Waals surface area contributed by atoms with Gasteiger partial charge >= 0.3 is 0 Å². The fourth-order valence-electron chi connectivity index (χ4n) is 2.17. The van der Waals surface area contributed by atoms with E-state index in [0.717, 1.165) is 27.7 Å². The van der Waals surface area contributed by atoms with Crippen LogP contribution in [0.2, 0.25) is 5.02 Å². The van der Waals surface area contributed by atoms with Crippen LogP contribution in [0.3, 0.4) is 0 Å². The smallest absolute Gasteiger partial charge is 0.118 e. The largest absolute Gasteiger partial charge is 0.399 e. The third kappa shape index (κ3) is 2.88. The molecule has 104 valence electrons. The van der Waals surface area contributed by atoms with E-state index in [0.29, 0.717) is 5.02 Å². The van der Waals surface area contributed by atoms with Crippen LogP contribution in [0.1, 0.15) is 11.1 Å². The average Bonchev–Trinajstić information content (AvgIpc) is 2.53. The lowest BCUT2D eigenvalue weighted by molar-refractivity contribution is 0.214. The zero-order valence-electron chi connectivity index (χ0n) is 11.5. The summed E-state index contributed by atoms with van der Waals surface area (Å²) in [4.78, 5) is 9.45. The van der Waals surface area contributed by atoms with Crippen molar-refractivity contribution >= 4 is 28.2 Å². The molecule has 3 aromatic rings. The van der Waals surface area contributed by atoms with E-state index in [1.807, 2.05) is 48.5 Å². The molecule has 0 atom stereocenters. The van der Waals surface area contributed by atoms with Crippen molar-refractivity contribution in [2.24, 2.45) is 5.16 Å². The molecule has 0 fully saturated rings. The van der Waals surface area contributed by atoms with Gasteiger partial charge in [-0.3, -0.25) is 4.98 Å². The van der Waals surface area contributed by atoms with Gasteiger partial charge in [-0.05, 0) is 24.3 Å². The summed E-state index contributed by atoms with van der Waals surface area (Å²) < 4.78 is 0. The molecular weight excluding hydrogens is 284 g/mol. The summed E-state index contributed by atoms with van der Waals surface area (Å²) in [5, 5.41) is 5.88. The van der Waals surface area contributed by atoms with E-state index in [9.17, 15) is 0 Å². The van der Waals surface area contributed by atoms with Gasteiger partial charge in [-0.25, -0.2) is 0 Å². The molecule has 0 aliphatic carbocycles. The van der Waals surface area contributed by atoms with E-state index in [4.69, 9.17) is 16.4 Å². The third-order valence-corrected chi connectivity index (χ3v) is 3.42. The van der Waals surface area contributed by atoms with E-state index in [2.05, 4.69) is 16.2 Å². The molecule has 0 unspecified atom stereocenters. The van der Waals surface area contributed by atoms with Gasteiger partial charge in [-0.15, -0.1) is 0 Å². The average molecular weight is 297 g/mol. The van der Waals surface area contributed by atoms with Crippen molar-refractivity contribution in [3.8, 4) is 0 Å². The minimum Gasteiger partial charge on any atom is -0.399 e. The summed E-state index contributed by atoms with van der Waals surface area (Å²) in [5.41, 5.74) is 3.51. The van der Waals surface area contributed by atoms with Crippen molar-refractivity contribution in [1.82, 2.24) is 4.98 Å². The maximum absolute atomic E-state index is 5.93. The molecule has 21 heavy (non-hydrogen) atoms. The zero-order valence-corrected chi connectivity index (χ0v) is 12.2. The summed E-state index contributed by atoms with van der Waals surface area (Å²) >= 11 is 5.93. The van der Waals surface area contributed by atoms with Gasteiger partial charge in [0.2, 0.25) is 0 Å². The molecule has 0 bridgehead atoms. The molecule has 0 N–H and O–H groups in total. The van der Waals surface area contributed by atoms with Gasteiger partial charge in [0.1, 0.15) is 12.8 Å². The van der Waals surface area contributed by atoms with Crippen LogP contribution in [0, 0.1) is 0 Å². The monoisotopic (exact) mass is 296 g/mol. The number of aromatic nitrogens is 1. The minimum atomic E-state index is 0.687. The molecule has 4 heteroatoms. The second-order valence-corrected chi connectivity index (χ2v) is 4.98. The van der Waals surface area contributed by atoms with Crippen molar-refractivity contribution < 1.29 is 4.84 Å². The van der Waals surface area contributed by atoms with E-state index < -0.39 is 0 Å². The highest BCUT2D eigenvalue weighted by molar-refractivity contribution is 6.30. The second-order valence-electron chi connectivity index (χ2n) is 4.55. The lowest BCUT2D eigenvalue weighted by Gasteiger charge is -2.07. The summed E-state index contributed by atoms with van der Waals surface area (Å²) in [7, 11) is 1.53. The lowest BCUT2D eigenvalue weighted by Crippen LogP contribution is -2.04. The highest BCUT2D eigenvalue weighted by Gasteiger charge is 2.09. The van der Waals surface area contributed by atoms with Crippen molar-refractivity contribution in [2.45, 2.75) is 0 Å². The fraction of sp³-hybridized carbons (Fsp3) is 0.0588. The Kier molecular flexibility index (Phi) is 3.84. The Morgan fingerprint density at radius 3 is 2.57 bits per heavy atom. The Morgan fingerprint density at radius 2 is 1.81 bits per heavy atom. The van der Waals surface area contributed by atoms with Gasteiger partial charge in [-0.1, -0.05) is 47.1 Å². The zero-order chi connectivity index (χ0) is 14.7. The number of hydrogen-bond donors (Lipinski definition) is 0. The summed E-state index contributed by atoms with van der Waals surface area (Å²) in [6, 6.07) is 17.5. The maximum Gasteiger partial charge on any atom is 0.118 e. The number of nitrogens with zero attached hydrogens (tertiary/aromatic N) is 2. The van der Waals surface area contributed by atoms with E-state index >= 15 is 0 Å². The van der Waals surface area contributed by atoms with Gasteiger partial charge in [0.15, 0.2) is 0 Å². The quantitative estimate of drug-likeness (QED) is 0.534. The van der Waals surface area contributed by atoms with Crippen LogP contribution in [-0.4, -0.2) is 17.8 Å². The summed E-state index contributed by atoms with van der Waals surface area (Å²) in [6.45, 7) is 0. The highest BCUT2D eigenvalue weighted by atomic mass is 35.5. The summed E-state index contributed by atoms with van der Waals surface area (Å²) in [6.07, 6.45) is 1.80. The first-order valence-electron chi connectivity index (χ1n) is 6.50. The van der Waals surface area contributed by atoms with Crippen LogP contribution in [0.15, 0.2) is 65.9 Å². The molecule has 1 aromatic heterocycles. The van der Waals surface area contributed by atoms with Crippen LogP contribution in [0.25, 0.3) is 10.9 Å². The van der Waals surface area contributed by atoms with Gasteiger partial charge in [0.05, 0.1) is 5.52 Å². The SMILES string of the molecule is CON=C(c1ccc(Cl)cc1)c1cnc2ccccc2c1. The van der Waals surface area contributed by atoms with Crippen molar-refractivity contribution in [1.29, 1.82) is 0 Å². The lowest BCUT2D eigenvalue weighted by atomic mass is 10.0. The molecule has 0 aliphatic rings. The van der Waals surface area contributed by atoms with Gasteiger partial charge in [-0.2, -0.15) is 0 Å². The molecule has 0 amide bonds. The Labute approximate surface area is 127 Å². The highest BCUT2D eigenvalue weighted by Crippen LogP contribution is 2.18. The molecule has 3 rings (SSSR count). The Bertz CT molecular complexity index is 797. The van der Waals surface area contributed by atoms with Crippen molar-refractivity contribution in [3.05, 3.63) is 76.9 Å². The summed E-state index contributed by atoms with van der Waals surface area (Å²) in [5.74, 6) is 0. The number of para-hydroxylation sites is 1. The van der Waals surface area contributed by atoms with Crippen LogP contribution in [0.5, 0.6) is 0 Å². The Balaban J connectivity index is 2.11. The number of rotatable bonds is 3. The Morgan fingerprint density at radius 1 is 1.05 bits per heavy atom. The number of pyridine rings is 1. The molecule has 2 aromatic carbocycles. The predicted molar refractivity (Wildman–Crippen MR) is 85.8 cm³/mol. The molecule has 0 spiro atoms. The topological polar surface area (TPSA) is 34.5 Å². The van der Waals surface area contributed by atoms with Crippen LogP contribution in [0.4, 0.5) is 0 Å². The minimum absolute atomic E-state index is 0.687. The van der Waals surface area contributed by atoms with Gasteiger partial charge in [0, 0.05) is 27.7 Å². The molecular formula is C17H13ClN2O. The second kappa shape index (κ2) is 5.94. The van der Waals surface area contributed by atoms with E-state index in [1.165, 1.54) is 7.11 Å². The fourth-order valence-corrected chi connectivity index (χ4v) is 2.30. The first-order valence-corrected chi connectivity index (χ1v) is 6.88. The van der Waals surface area contributed by atoms with Gasteiger partial charge < -0.3 is 4.84 Å². The number of halogens is 1. The van der Waals surface area contributed by atoms with Gasteiger partial charge in [0.25, 0.3) is 0 Å². The molecule has 1 heterocycles. The standard InChI is InChI=1S/C17H13ClN2O/c1-21-20-17(12-6-8-15(18)9-7-12)14-10-13-4-2-3-5-16(13)19-11-14/h2-11H,1H3. The predicted octanol–water partition coefficient (Wildman–Crippen LogP) is 4.29. The first-order chi connectivity index (χ1) is 10.3. The van der Waals surface area contributed by atoms with Crippen molar-refractivity contribution in [2.75, 3.05) is 7.11 Å². The van der Waals surface area contributed by atoms with Crippen LogP contribution in [-0.2, 0) is 4.84 Å². The third-order valence-electron chi connectivity index (χ3n) is 3.16. The van der Waals surface area contributed by atoms with Crippen LogP contribution >= 0.6 is 11.6 Å². The molecule has 0 radical (unpaired) electrons. The number of hydrogen-bond acceptors (Lipinski definition) is 3. The molecule has 3 nitrogen and oxygen atoms in total. The van der Waals surface area contributed by atoms with E-state index in [1.54, 1.807) is 6.20 Å². The number of oxime groups is 1. The normalized spacial score (nSPS) is 11.6. The number of fused-ring (bicyclic) bond motifs is 1. The van der Waals surface area contributed by atoms with Crippen molar-refractivity contribution in [3.63, 3.8) is 0 Å².